The molecule has 82 valence electrons. The molecule has 0 aromatic heterocycles. The number of hydrogen-bond donors (Lipinski definition) is 1. The molecular formula is C12H23NS. The molecule has 1 nitrogen and oxygen atoms in total. The highest BCUT2D eigenvalue weighted by atomic mass is 32.2. The Bertz CT molecular complexity index is 160. The van der Waals surface area contributed by atoms with Gasteiger partial charge in [-0.3, -0.25) is 0 Å². The Balaban J connectivity index is 1.72. The number of hydrogen-bond acceptors (Lipinski definition) is 2. The van der Waals surface area contributed by atoms with Crippen LogP contribution in [0.1, 0.15) is 45.4 Å². The SMILES string of the molecule is CC(NC1CCCC1)C1CCSCC1. The van der Waals surface area contributed by atoms with Crippen molar-refractivity contribution in [3.8, 4) is 0 Å². The van der Waals surface area contributed by atoms with Gasteiger partial charge < -0.3 is 5.32 Å². The van der Waals surface area contributed by atoms with Crippen LogP contribution in [0, 0.1) is 5.92 Å². The summed E-state index contributed by atoms with van der Waals surface area (Å²) >= 11 is 2.13. The minimum absolute atomic E-state index is 0.763. The first-order valence-electron chi connectivity index (χ1n) is 6.20. The lowest BCUT2D eigenvalue weighted by atomic mass is 9.94. The maximum atomic E-state index is 3.84. The van der Waals surface area contributed by atoms with Crippen molar-refractivity contribution in [3.63, 3.8) is 0 Å². The standard InChI is InChI=1S/C12H23NS/c1-10(11-6-8-14-9-7-11)13-12-4-2-3-5-12/h10-13H,2-9H2,1H3. The van der Waals surface area contributed by atoms with Crippen LogP contribution in [-0.4, -0.2) is 23.6 Å². The van der Waals surface area contributed by atoms with Crippen LogP contribution in [0.15, 0.2) is 0 Å². The van der Waals surface area contributed by atoms with E-state index in [9.17, 15) is 0 Å². The molecule has 1 aliphatic heterocycles. The normalized spacial score (nSPS) is 28.1. The largest absolute Gasteiger partial charge is 0.311 e. The zero-order valence-electron chi connectivity index (χ0n) is 9.30. The van der Waals surface area contributed by atoms with Crippen molar-refractivity contribution in [1.29, 1.82) is 0 Å². The van der Waals surface area contributed by atoms with Gasteiger partial charge in [0.2, 0.25) is 0 Å². The predicted octanol–water partition coefficient (Wildman–Crippen LogP) is 3.05. The minimum atomic E-state index is 0.763. The Morgan fingerprint density at radius 1 is 1.07 bits per heavy atom. The lowest BCUT2D eigenvalue weighted by molar-refractivity contribution is 0.321. The van der Waals surface area contributed by atoms with Crippen LogP contribution in [0.4, 0.5) is 0 Å². The van der Waals surface area contributed by atoms with E-state index in [1.807, 2.05) is 0 Å². The maximum absolute atomic E-state index is 3.84. The van der Waals surface area contributed by atoms with Gasteiger partial charge in [-0.15, -0.1) is 0 Å². The highest BCUT2D eigenvalue weighted by molar-refractivity contribution is 7.99. The molecule has 1 unspecified atom stereocenters. The molecule has 1 N–H and O–H groups in total. The molecule has 0 bridgehead atoms. The number of nitrogens with one attached hydrogen (secondary N) is 1. The molecule has 1 atom stereocenters. The van der Waals surface area contributed by atoms with Gasteiger partial charge in [0.1, 0.15) is 0 Å². The predicted molar refractivity (Wildman–Crippen MR) is 64.9 cm³/mol. The van der Waals surface area contributed by atoms with Crippen molar-refractivity contribution in [2.24, 2.45) is 5.92 Å². The first-order chi connectivity index (χ1) is 6.86. The van der Waals surface area contributed by atoms with Crippen LogP contribution >= 0.6 is 11.8 Å². The van der Waals surface area contributed by atoms with Crippen LogP contribution in [0.5, 0.6) is 0 Å². The highest BCUT2D eigenvalue weighted by Crippen LogP contribution is 2.27. The average molecular weight is 213 g/mol. The van der Waals surface area contributed by atoms with Crippen LogP contribution in [-0.2, 0) is 0 Å². The number of thioether (sulfide) groups is 1. The Morgan fingerprint density at radius 3 is 2.36 bits per heavy atom. The smallest absolute Gasteiger partial charge is 0.00701 e. The summed E-state index contributed by atoms with van der Waals surface area (Å²) in [6, 6.07) is 1.61. The Hall–Kier alpha value is 0.310. The van der Waals surface area contributed by atoms with E-state index >= 15 is 0 Å². The quantitative estimate of drug-likeness (QED) is 0.773. The first kappa shape index (κ1) is 10.8. The van der Waals surface area contributed by atoms with Gasteiger partial charge in [-0.1, -0.05) is 12.8 Å². The summed E-state index contributed by atoms with van der Waals surface area (Å²) in [4.78, 5) is 0. The van der Waals surface area contributed by atoms with E-state index in [2.05, 4.69) is 24.0 Å². The van der Waals surface area contributed by atoms with Crippen molar-refractivity contribution >= 4 is 11.8 Å². The third kappa shape index (κ3) is 2.90. The minimum Gasteiger partial charge on any atom is -0.311 e. The second-order valence-corrected chi connectivity index (χ2v) is 6.11. The monoisotopic (exact) mass is 213 g/mol. The molecule has 2 fully saturated rings. The van der Waals surface area contributed by atoms with Gasteiger partial charge in [0.25, 0.3) is 0 Å². The van der Waals surface area contributed by atoms with E-state index in [1.54, 1.807) is 0 Å². The molecule has 2 heteroatoms. The molecule has 0 amide bonds. The summed E-state index contributed by atoms with van der Waals surface area (Å²) < 4.78 is 0. The van der Waals surface area contributed by atoms with Crippen LogP contribution in [0.25, 0.3) is 0 Å². The highest BCUT2D eigenvalue weighted by Gasteiger charge is 2.23. The zero-order valence-corrected chi connectivity index (χ0v) is 10.1. The van der Waals surface area contributed by atoms with Crippen molar-refractivity contribution < 1.29 is 0 Å². The van der Waals surface area contributed by atoms with Gasteiger partial charge in [-0.25, -0.2) is 0 Å². The van der Waals surface area contributed by atoms with Gasteiger partial charge >= 0.3 is 0 Å². The Labute approximate surface area is 92.4 Å². The van der Waals surface area contributed by atoms with E-state index in [0.29, 0.717) is 0 Å². The maximum Gasteiger partial charge on any atom is 0.00701 e. The van der Waals surface area contributed by atoms with E-state index in [-0.39, 0.29) is 0 Å². The zero-order chi connectivity index (χ0) is 9.80. The third-order valence-electron chi connectivity index (χ3n) is 3.83. The van der Waals surface area contributed by atoms with Crippen molar-refractivity contribution in [2.75, 3.05) is 11.5 Å². The van der Waals surface area contributed by atoms with E-state index in [0.717, 1.165) is 18.0 Å². The van der Waals surface area contributed by atoms with E-state index in [4.69, 9.17) is 0 Å². The van der Waals surface area contributed by atoms with Gasteiger partial charge in [0, 0.05) is 12.1 Å². The summed E-state index contributed by atoms with van der Waals surface area (Å²) in [7, 11) is 0. The van der Waals surface area contributed by atoms with Crippen molar-refractivity contribution in [3.05, 3.63) is 0 Å². The molecule has 0 spiro atoms. The van der Waals surface area contributed by atoms with Crippen molar-refractivity contribution in [1.82, 2.24) is 5.32 Å². The van der Waals surface area contributed by atoms with Gasteiger partial charge in [-0.2, -0.15) is 11.8 Å². The average Bonchev–Trinajstić information content (AvgIpc) is 2.72. The molecule has 0 radical (unpaired) electrons. The van der Waals surface area contributed by atoms with Gasteiger partial charge in [0.15, 0.2) is 0 Å². The van der Waals surface area contributed by atoms with E-state index < -0.39 is 0 Å². The third-order valence-corrected chi connectivity index (χ3v) is 4.88. The second kappa shape index (κ2) is 5.41. The summed E-state index contributed by atoms with van der Waals surface area (Å²) in [5.41, 5.74) is 0. The number of rotatable bonds is 3. The fourth-order valence-corrected chi connectivity index (χ4v) is 3.96. The fraction of sp³-hybridized carbons (Fsp3) is 1.00. The molecule has 1 saturated carbocycles. The lowest BCUT2D eigenvalue weighted by Gasteiger charge is -2.30. The molecule has 1 heterocycles. The van der Waals surface area contributed by atoms with Crippen LogP contribution in [0.3, 0.4) is 0 Å². The molecule has 2 rings (SSSR count). The summed E-state index contributed by atoms with van der Waals surface area (Å²) in [6.45, 7) is 2.40. The molecule has 1 saturated heterocycles. The van der Waals surface area contributed by atoms with E-state index in [1.165, 1.54) is 50.0 Å². The second-order valence-electron chi connectivity index (χ2n) is 4.89. The fourth-order valence-electron chi connectivity index (χ4n) is 2.82. The first-order valence-corrected chi connectivity index (χ1v) is 7.35. The van der Waals surface area contributed by atoms with Gasteiger partial charge in [-0.05, 0) is 50.0 Å². The molecule has 2 aliphatic rings. The molecular weight excluding hydrogens is 190 g/mol. The Morgan fingerprint density at radius 2 is 1.71 bits per heavy atom. The van der Waals surface area contributed by atoms with Crippen molar-refractivity contribution in [2.45, 2.75) is 57.5 Å². The van der Waals surface area contributed by atoms with Crippen LogP contribution in [0.2, 0.25) is 0 Å². The summed E-state index contributed by atoms with van der Waals surface area (Å²) in [5.74, 6) is 3.74. The summed E-state index contributed by atoms with van der Waals surface area (Å²) in [5, 5.41) is 3.84. The topological polar surface area (TPSA) is 12.0 Å². The molecule has 0 aromatic carbocycles. The van der Waals surface area contributed by atoms with Crippen LogP contribution < -0.4 is 5.32 Å². The lowest BCUT2D eigenvalue weighted by Crippen LogP contribution is -2.40. The Kier molecular flexibility index (Phi) is 4.18. The molecule has 0 aromatic rings. The van der Waals surface area contributed by atoms with Gasteiger partial charge in [0.05, 0.1) is 0 Å². The molecule has 14 heavy (non-hydrogen) atoms. The summed E-state index contributed by atoms with van der Waals surface area (Å²) in [6.07, 6.45) is 8.62. The molecule has 1 aliphatic carbocycles.